The van der Waals surface area contributed by atoms with E-state index in [4.69, 9.17) is 0 Å². The van der Waals surface area contributed by atoms with Crippen molar-refractivity contribution in [2.75, 3.05) is 5.32 Å². The summed E-state index contributed by atoms with van der Waals surface area (Å²) in [6.45, 7) is 0.0531. The number of non-ortho nitro benzene ring substituents is 1. The number of hydrogen-bond donors (Lipinski definition) is 1. The number of aryl methyl sites for hydroxylation is 1. The van der Waals surface area contributed by atoms with Crippen molar-refractivity contribution in [2.45, 2.75) is 13.0 Å². The Balaban J connectivity index is 1.75. The highest BCUT2D eigenvalue weighted by atomic mass is 19.1. The molecule has 0 aliphatic rings. The van der Waals surface area contributed by atoms with E-state index in [0.717, 1.165) is 0 Å². The van der Waals surface area contributed by atoms with Gasteiger partial charge in [-0.1, -0.05) is 0 Å². The Morgan fingerprint density at radius 1 is 1.23 bits per heavy atom. The van der Waals surface area contributed by atoms with E-state index in [0.29, 0.717) is 11.2 Å². The normalized spacial score (nSPS) is 10.7. The number of nitrogens with one attached hydrogen (secondary N) is 1. The highest BCUT2D eigenvalue weighted by Gasteiger charge is 2.11. The minimum absolute atomic E-state index is 0.0145. The number of aromatic nitrogens is 2. The predicted molar refractivity (Wildman–Crippen MR) is 92.3 cm³/mol. The maximum atomic E-state index is 12.8. The molecule has 0 unspecified atom stereocenters. The maximum Gasteiger partial charge on any atom is 0.270 e. The van der Waals surface area contributed by atoms with Crippen molar-refractivity contribution < 1.29 is 14.1 Å². The summed E-state index contributed by atoms with van der Waals surface area (Å²) < 4.78 is 14.1. The Bertz CT molecular complexity index is 1050. The molecule has 8 nitrogen and oxygen atoms in total. The van der Waals surface area contributed by atoms with Crippen LogP contribution in [0.25, 0.3) is 10.9 Å². The molecule has 0 bridgehead atoms. The van der Waals surface area contributed by atoms with Gasteiger partial charge in [0.2, 0.25) is 5.91 Å². The molecule has 0 saturated carbocycles. The molecule has 0 atom stereocenters. The van der Waals surface area contributed by atoms with Gasteiger partial charge in [0.1, 0.15) is 5.82 Å². The van der Waals surface area contributed by atoms with Gasteiger partial charge in [0.05, 0.1) is 22.2 Å². The highest BCUT2D eigenvalue weighted by Crippen LogP contribution is 2.16. The van der Waals surface area contributed by atoms with Gasteiger partial charge < -0.3 is 5.32 Å². The number of carbonyl (C=O) groups excluding carboxylic acids is 1. The van der Waals surface area contributed by atoms with E-state index in [-0.39, 0.29) is 29.9 Å². The number of nitro groups is 1. The second-order valence-corrected chi connectivity index (χ2v) is 5.51. The number of amides is 1. The fourth-order valence-electron chi connectivity index (χ4n) is 2.40. The Hall–Kier alpha value is -3.62. The van der Waals surface area contributed by atoms with Gasteiger partial charge in [-0.25, -0.2) is 9.37 Å². The molecule has 0 saturated heterocycles. The van der Waals surface area contributed by atoms with E-state index in [1.807, 2.05) is 0 Å². The van der Waals surface area contributed by atoms with Crippen molar-refractivity contribution in [2.24, 2.45) is 0 Å². The Kier molecular flexibility index (Phi) is 4.70. The largest absolute Gasteiger partial charge is 0.326 e. The molecular weight excluding hydrogens is 343 g/mol. The smallest absolute Gasteiger partial charge is 0.270 e. The standard InChI is InChI=1S/C17H13FN4O4/c18-11-1-3-12(4-2-11)20-16(23)7-8-21-10-19-15-6-5-13(22(25)26)9-14(15)17(21)24/h1-6,9-10H,7-8H2,(H,20,23). The van der Waals surface area contributed by atoms with Crippen LogP contribution in [0.3, 0.4) is 0 Å². The molecule has 9 heteroatoms. The number of benzene rings is 2. The van der Waals surface area contributed by atoms with Gasteiger partial charge in [-0.05, 0) is 30.3 Å². The van der Waals surface area contributed by atoms with Crippen LogP contribution in [-0.4, -0.2) is 20.4 Å². The molecule has 1 amide bonds. The van der Waals surface area contributed by atoms with Crippen molar-refractivity contribution in [3.05, 3.63) is 75.1 Å². The Morgan fingerprint density at radius 2 is 1.96 bits per heavy atom. The predicted octanol–water partition coefficient (Wildman–Crippen LogP) is 2.47. The summed E-state index contributed by atoms with van der Waals surface area (Å²) in [5.41, 5.74) is 0.111. The number of carbonyl (C=O) groups is 1. The number of nitrogens with zero attached hydrogens (tertiary/aromatic N) is 3. The van der Waals surface area contributed by atoms with Crippen LogP contribution in [0.1, 0.15) is 6.42 Å². The minimum Gasteiger partial charge on any atom is -0.326 e. The molecule has 1 heterocycles. The summed E-state index contributed by atoms with van der Waals surface area (Å²) in [6, 6.07) is 9.14. The van der Waals surface area contributed by atoms with Crippen molar-refractivity contribution in [1.29, 1.82) is 0 Å². The lowest BCUT2D eigenvalue weighted by Crippen LogP contribution is -2.23. The van der Waals surface area contributed by atoms with Gasteiger partial charge in [-0.2, -0.15) is 0 Å². The molecule has 0 aliphatic heterocycles. The molecule has 0 spiro atoms. The second-order valence-electron chi connectivity index (χ2n) is 5.51. The zero-order valence-electron chi connectivity index (χ0n) is 13.4. The van der Waals surface area contributed by atoms with Crippen LogP contribution < -0.4 is 10.9 Å². The number of fused-ring (bicyclic) bond motifs is 1. The first-order valence-electron chi connectivity index (χ1n) is 7.63. The third-order valence-corrected chi connectivity index (χ3v) is 3.73. The molecule has 132 valence electrons. The van der Waals surface area contributed by atoms with E-state index >= 15 is 0 Å². The highest BCUT2D eigenvalue weighted by molar-refractivity contribution is 5.90. The van der Waals surface area contributed by atoms with Crippen molar-refractivity contribution in [3.63, 3.8) is 0 Å². The van der Waals surface area contributed by atoms with Crippen molar-refractivity contribution in [3.8, 4) is 0 Å². The lowest BCUT2D eigenvalue weighted by atomic mass is 10.2. The molecular formula is C17H13FN4O4. The van der Waals surface area contributed by atoms with Gasteiger partial charge in [0, 0.05) is 30.8 Å². The second kappa shape index (κ2) is 7.09. The monoisotopic (exact) mass is 356 g/mol. The number of nitro benzene ring substituents is 1. The molecule has 0 aliphatic carbocycles. The first kappa shape index (κ1) is 17.2. The van der Waals surface area contributed by atoms with E-state index in [9.17, 15) is 24.1 Å². The van der Waals surface area contributed by atoms with E-state index in [1.165, 1.54) is 53.4 Å². The molecule has 1 aromatic heterocycles. The average Bonchev–Trinajstić information content (AvgIpc) is 2.63. The quantitative estimate of drug-likeness (QED) is 0.558. The molecule has 1 N–H and O–H groups in total. The zero-order chi connectivity index (χ0) is 18.7. The number of rotatable bonds is 5. The Morgan fingerprint density at radius 3 is 2.65 bits per heavy atom. The van der Waals surface area contributed by atoms with Gasteiger partial charge in [0.25, 0.3) is 11.2 Å². The SMILES string of the molecule is O=C(CCn1cnc2ccc([N+](=O)[O-])cc2c1=O)Nc1ccc(F)cc1. The van der Waals surface area contributed by atoms with Crippen LogP contribution in [0.5, 0.6) is 0 Å². The molecule has 26 heavy (non-hydrogen) atoms. The molecule has 0 fully saturated rings. The van der Waals surface area contributed by atoms with Gasteiger partial charge in [0.15, 0.2) is 0 Å². The molecule has 0 radical (unpaired) electrons. The summed E-state index contributed by atoms with van der Waals surface area (Å²) >= 11 is 0. The van der Waals surface area contributed by atoms with Crippen molar-refractivity contribution in [1.82, 2.24) is 9.55 Å². The fraction of sp³-hybridized carbons (Fsp3) is 0.118. The average molecular weight is 356 g/mol. The van der Waals surface area contributed by atoms with Crippen LogP contribution in [0, 0.1) is 15.9 Å². The summed E-state index contributed by atoms with van der Waals surface area (Å²) in [5, 5.41) is 13.6. The van der Waals surface area contributed by atoms with Gasteiger partial charge >= 0.3 is 0 Å². The zero-order valence-corrected chi connectivity index (χ0v) is 13.4. The summed E-state index contributed by atoms with van der Waals surface area (Å²) in [4.78, 5) is 38.7. The Labute approximate surface area is 146 Å². The van der Waals surface area contributed by atoms with Crippen LogP contribution in [0.2, 0.25) is 0 Å². The van der Waals surface area contributed by atoms with Crippen LogP contribution in [0.4, 0.5) is 15.8 Å². The summed E-state index contributed by atoms with van der Waals surface area (Å²) in [7, 11) is 0. The maximum absolute atomic E-state index is 12.8. The number of hydrogen-bond acceptors (Lipinski definition) is 5. The van der Waals surface area contributed by atoms with Gasteiger partial charge in [-0.3, -0.25) is 24.3 Å². The summed E-state index contributed by atoms with van der Waals surface area (Å²) in [5.74, 6) is -0.770. The lowest BCUT2D eigenvalue weighted by molar-refractivity contribution is -0.384. The van der Waals surface area contributed by atoms with Crippen LogP contribution in [0.15, 0.2) is 53.6 Å². The van der Waals surface area contributed by atoms with E-state index in [1.54, 1.807) is 0 Å². The fourth-order valence-corrected chi connectivity index (χ4v) is 2.40. The molecule has 3 aromatic rings. The number of anilines is 1. The third kappa shape index (κ3) is 3.72. The minimum atomic E-state index is -0.591. The van der Waals surface area contributed by atoms with Gasteiger partial charge in [-0.15, -0.1) is 0 Å². The summed E-state index contributed by atoms with van der Waals surface area (Å²) in [6.07, 6.45) is 1.28. The van der Waals surface area contributed by atoms with E-state index in [2.05, 4.69) is 10.3 Å². The number of halogens is 1. The van der Waals surface area contributed by atoms with Crippen LogP contribution >= 0.6 is 0 Å². The first-order chi connectivity index (χ1) is 12.4. The van der Waals surface area contributed by atoms with Crippen molar-refractivity contribution >= 4 is 28.2 Å². The lowest BCUT2D eigenvalue weighted by Gasteiger charge is -2.08. The molecule has 2 aromatic carbocycles. The topological polar surface area (TPSA) is 107 Å². The van der Waals surface area contributed by atoms with Crippen LogP contribution in [-0.2, 0) is 11.3 Å². The molecule has 3 rings (SSSR count). The van der Waals surface area contributed by atoms with E-state index < -0.39 is 16.3 Å². The first-order valence-corrected chi connectivity index (χ1v) is 7.63. The third-order valence-electron chi connectivity index (χ3n) is 3.73.